The van der Waals surface area contributed by atoms with Crippen LogP contribution in [0.1, 0.15) is 58.9 Å². The van der Waals surface area contributed by atoms with Gasteiger partial charge in [0.25, 0.3) is 0 Å². The summed E-state index contributed by atoms with van der Waals surface area (Å²) < 4.78 is 13.5. The van der Waals surface area contributed by atoms with E-state index in [0.29, 0.717) is 41.5 Å². The van der Waals surface area contributed by atoms with Crippen LogP contribution >= 0.6 is 11.6 Å². The Morgan fingerprint density at radius 1 is 1.23 bits per heavy atom. The summed E-state index contributed by atoms with van der Waals surface area (Å²) in [5.74, 6) is 0.805. The van der Waals surface area contributed by atoms with E-state index in [-0.39, 0.29) is 18.1 Å². The third kappa shape index (κ3) is 6.12. The number of benzene rings is 1. The number of nitrogens with zero attached hydrogens (tertiary/aromatic N) is 7. The lowest BCUT2D eigenvalue weighted by atomic mass is 10.1. The number of halogens is 1. The molecule has 0 bridgehead atoms. The summed E-state index contributed by atoms with van der Waals surface area (Å²) >= 11 is 6.86. The molecule has 2 aromatic rings. The maximum Gasteiger partial charge on any atom is 0.410 e. The second-order valence-electron chi connectivity index (χ2n) is 10.2. The van der Waals surface area contributed by atoms with Gasteiger partial charge in [0.15, 0.2) is 5.95 Å². The minimum absolute atomic E-state index is 0.173. The zero-order chi connectivity index (χ0) is 25.0. The zero-order valence-corrected chi connectivity index (χ0v) is 21.5. The topological polar surface area (TPSA) is 109 Å². The minimum atomic E-state index is -0.582. The van der Waals surface area contributed by atoms with Crippen LogP contribution in [0.3, 0.4) is 0 Å². The van der Waals surface area contributed by atoms with Crippen molar-refractivity contribution in [2.45, 2.75) is 64.5 Å². The Kier molecular flexibility index (Phi) is 7.94. The average molecular weight is 504 g/mol. The number of hydrogen-bond acceptors (Lipinski definition) is 6. The number of fused-ring (bicyclic) bond motifs is 1. The first-order chi connectivity index (χ1) is 16.8. The van der Waals surface area contributed by atoms with Gasteiger partial charge in [-0.25, -0.2) is 9.78 Å². The van der Waals surface area contributed by atoms with E-state index in [4.69, 9.17) is 21.1 Å². The maximum atomic E-state index is 12.9. The molecule has 1 atom stereocenters. The molecule has 190 valence electrons. The molecule has 4 rings (SSSR count). The first-order valence-corrected chi connectivity index (χ1v) is 12.7. The molecule has 2 saturated heterocycles. The summed E-state index contributed by atoms with van der Waals surface area (Å²) in [4.78, 5) is 24.5. The number of azide groups is 1. The van der Waals surface area contributed by atoms with E-state index in [2.05, 4.69) is 19.9 Å². The molecule has 2 aliphatic heterocycles. The number of likely N-dealkylation sites (tertiary alicyclic amines) is 2. The Hall–Kier alpha value is -2.68. The van der Waals surface area contributed by atoms with Crippen LogP contribution in [0.25, 0.3) is 21.5 Å². The van der Waals surface area contributed by atoms with Crippen LogP contribution in [-0.2, 0) is 4.74 Å². The normalized spacial score (nSPS) is 19.4. The molecule has 1 aromatic heterocycles. The molecule has 1 aromatic carbocycles. The molecule has 2 fully saturated rings. The SMILES string of the molecule is CC(C)(C)OC(=O)N1CCCCC(n2c(N=[N+]=[N-])nc3ccc(OCCN4CCCC4)c(Cl)c32)C1. The van der Waals surface area contributed by atoms with E-state index in [1.54, 1.807) is 4.90 Å². The van der Waals surface area contributed by atoms with Crippen LogP contribution in [0.4, 0.5) is 10.7 Å². The third-order valence-electron chi connectivity index (χ3n) is 6.40. The number of carbonyl (C=O) groups is 1. The molecule has 1 amide bonds. The number of aromatic nitrogens is 2. The van der Waals surface area contributed by atoms with E-state index in [1.807, 2.05) is 37.5 Å². The summed E-state index contributed by atoms with van der Waals surface area (Å²) in [5, 5.41) is 4.29. The summed E-state index contributed by atoms with van der Waals surface area (Å²) in [6.07, 6.45) is 4.66. The van der Waals surface area contributed by atoms with Gasteiger partial charge in [-0.05, 0) is 88.7 Å². The highest BCUT2D eigenvalue weighted by Crippen LogP contribution is 2.39. The molecule has 0 aliphatic carbocycles. The molecule has 2 aliphatic rings. The predicted molar refractivity (Wildman–Crippen MR) is 135 cm³/mol. The van der Waals surface area contributed by atoms with Crippen molar-refractivity contribution in [3.05, 3.63) is 27.6 Å². The van der Waals surface area contributed by atoms with Crippen LogP contribution in [0.15, 0.2) is 17.2 Å². The Morgan fingerprint density at radius 3 is 2.69 bits per heavy atom. The van der Waals surface area contributed by atoms with Gasteiger partial charge in [0.1, 0.15) is 23.0 Å². The smallest absolute Gasteiger partial charge is 0.410 e. The molecule has 0 N–H and O–H groups in total. The van der Waals surface area contributed by atoms with Crippen molar-refractivity contribution in [1.82, 2.24) is 19.4 Å². The van der Waals surface area contributed by atoms with Gasteiger partial charge in [0.05, 0.1) is 17.1 Å². The van der Waals surface area contributed by atoms with Crippen molar-refractivity contribution in [1.29, 1.82) is 0 Å². The van der Waals surface area contributed by atoms with Crippen molar-refractivity contribution < 1.29 is 14.3 Å². The predicted octanol–water partition coefficient (Wildman–Crippen LogP) is 6.07. The first kappa shape index (κ1) is 25.4. The van der Waals surface area contributed by atoms with E-state index < -0.39 is 5.60 Å². The minimum Gasteiger partial charge on any atom is -0.491 e. The largest absolute Gasteiger partial charge is 0.491 e. The maximum absolute atomic E-state index is 12.9. The zero-order valence-electron chi connectivity index (χ0n) is 20.7. The van der Waals surface area contributed by atoms with Gasteiger partial charge in [0, 0.05) is 24.5 Å². The Balaban J connectivity index is 1.64. The van der Waals surface area contributed by atoms with Crippen molar-refractivity contribution in [3.63, 3.8) is 0 Å². The van der Waals surface area contributed by atoms with Crippen LogP contribution in [-0.4, -0.2) is 70.4 Å². The second kappa shape index (κ2) is 10.9. The lowest BCUT2D eigenvalue weighted by Crippen LogP contribution is -2.39. The number of hydrogen-bond donors (Lipinski definition) is 0. The van der Waals surface area contributed by atoms with Gasteiger partial charge in [-0.15, -0.1) is 0 Å². The highest BCUT2D eigenvalue weighted by Gasteiger charge is 2.30. The number of carbonyl (C=O) groups excluding carboxylic acids is 1. The van der Waals surface area contributed by atoms with Gasteiger partial charge in [-0.3, -0.25) is 4.90 Å². The second-order valence-corrected chi connectivity index (χ2v) is 10.6. The fourth-order valence-corrected chi connectivity index (χ4v) is 5.10. The van der Waals surface area contributed by atoms with Crippen molar-refractivity contribution in [3.8, 4) is 5.75 Å². The third-order valence-corrected chi connectivity index (χ3v) is 6.76. The van der Waals surface area contributed by atoms with Gasteiger partial charge in [0.2, 0.25) is 0 Å². The molecule has 0 saturated carbocycles. The van der Waals surface area contributed by atoms with Gasteiger partial charge >= 0.3 is 6.09 Å². The number of amides is 1. The van der Waals surface area contributed by atoms with E-state index in [1.165, 1.54) is 12.8 Å². The van der Waals surface area contributed by atoms with Crippen LogP contribution in [0.5, 0.6) is 5.75 Å². The molecule has 0 radical (unpaired) electrons. The van der Waals surface area contributed by atoms with E-state index in [9.17, 15) is 10.3 Å². The molecular formula is C24H34ClN7O3. The number of imidazole rings is 1. The molecule has 1 unspecified atom stereocenters. The fraction of sp³-hybridized carbons (Fsp3) is 0.667. The molecule has 0 spiro atoms. The number of ether oxygens (including phenoxy) is 2. The highest BCUT2D eigenvalue weighted by atomic mass is 35.5. The van der Waals surface area contributed by atoms with Gasteiger partial charge in [-0.1, -0.05) is 11.6 Å². The van der Waals surface area contributed by atoms with Crippen molar-refractivity contribution in [2.75, 3.05) is 39.3 Å². The lowest BCUT2D eigenvalue weighted by Gasteiger charge is -2.29. The van der Waals surface area contributed by atoms with E-state index >= 15 is 0 Å². The summed E-state index contributed by atoms with van der Waals surface area (Å²) in [7, 11) is 0. The number of rotatable bonds is 6. The summed E-state index contributed by atoms with van der Waals surface area (Å²) in [6, 6.07) is 3.47. The molecule has 35 heavy (non-hydrogen) atoms. The molecule has 10 nitrogen and oxygen atoms in total. The Bertz CT molecular complexity index is 1100. The van der Waals surface area contributed by atoms with Crippen molar-refractivity contribution >= 4 is 34.7 Å². The summed E-state index contributed by atoms with van der Waals surface area (Å²) in [5.41, 5.74) is 9.89. The quantitative estimate of drug-likeness (QED) is 0.270. The molecular weight excluding hydrogens is 470 g/mol. The van der Waals surface area contributed by atoms with Gasteiger partial charge < -0.3 is 18.9 Å². The van der Waals surface area contributed by atoms with Crippen molar-refractivity contribution in [2.24, 2.45) is 5.11 Å². The monoisotopic (exact) mass is 503 g/mol. The van der Waals surface area contributed by atoms with Gasteiger partial charge in [-0.2, -0.15) is 0 Å². The van der Waals surface area contributed by atoms with Crippen LogP contribution in [0, 0.1) is 0 Å². The first-order valence-electron chi connectivity index (χ1n) is 12.4. The lowest BCUT2D eigenvalue weighted by molar-refractivity contribution is 0.0238. The summed E-state index contributed by atoms with van der Waals surface area (Å²) in [6.45, 7) is 10.2. The molecule has 3 heterocycles. The fourth-order valence-electron chi connectivity index (χ4n) is 4.80. The van der Waals surface area contributed by atoms with Crippen LogP contribution in [0.2, 0.25) is 5.02 Å². The average Bonchev–Trinajstić information content (AvgIpc) is 3.36. The Morgan fingerprint density at radius 2 is 1.97 bits per heavy atom. The highest BCUT2D eigenvalue weighted by molar-refractivity contribution is 6.36. The van der Waals surface area contributed by atoms with Crippen LogP contribution < -0.4 is 4.74 Å². The standard InChI is InChI=1S/C24H34ClN7O3/c1-24(2,3)35-23(33)31-13-5-4-8-17(16-31)32-21-18(27-22(32)28-29-26)9-10-19(20(21)25)34-15-14-30-11-6-7-12-30/h9-10,17H,4-8,11-16H2,1-3H3. The van der Waals surface area contributed by atoms with E-state index in [0.717, 1.165) is 38.9 Å². The Labute approximate surface area is 210 Å². The molecule has 11 heteroatoms.